The number of benzene rings is 1. The van der Waals surface area contributed by atoms with E-state index in [1.807, 2.05) is 0 Å². The normalized spacial score (nSPS) is 15.6. The standard InChI is InChI=1S/C17H25ClN2O4S/c1-24-16-9-8-14(12-15(16)18)20(25(2,22)23)11-10-17(21)19-13-6-4-3-5-7-13/h8-9,12-13H,3-7,10-11H2,1-2H3,(H,19,21). The number of halogens is 1. The quantitative estimate of drug-likeness (QED) is 0.779. The molecule has 1 fully saturated rings. The van der Waals surface area contributed by atoms with Crippen molar-refractivity contribution < 1.29 is 17.9 Å². The van der Waals surface area contributed by atoms with Crippen LogP contribution in [0, 0.1) is 0 Å². The van der Waals surface area contributed by atoms with Gasteiger partial charge < -0.3 is 10.1 Å². The molecule has 140 valence electrons. The van der Waals surface area contributed by atoms with Crippen LogP contribution in [-0.2, 0) is 14.8 Å². The molecule has 0 atom stereocenters. The van der Waals surface area contributed by atoms with E-state index in [1.165, 1.54) is 23.9 Å². The number of nitrogens with one attached hydrogen (secondary N) is 1. The first kappa shape index (κ1) is 19.8. The number of hydrogen-bond acceptors (Lipinski definition) is 4. The SMILES string of the molecule is COc1ccc(N(CCC(=O)NC2CCCCC2)S(C)(=O)=O)cc1Cl. The zero-order valence-corrected chi connectivity index (χ0v) is 16.2. The molecule has 0 unspecified atom stereocenters. The van der Waals surface area contributed by atoms with Gasteiger partial charge in [0.2, 0.25) is 15.9 Å². The van der Waals surface area contributed by atoms with E-state index in [0.717, 1.165) is 31.9 Å². The molecule has 1 aromatic rings. The zero-order chi connectivity index (χ0) is 18.4. The lowest BCUT2D eigenvalue weighted by atomic mass is 9.95. The number of ether oxygens (including phenoxy) is 1. The highest BCUT2D eigenvalue weighted by atomic mass is 35.5. The van der Waals surface area contributed by atoms with E-state index in [9.17, 15) is 13.2 Å². The first-order valence-electron chi connectivity index (χ1n) is 8.42. The Bertz CT molecular complexity index is 703. The van der Waals surface area contributed by atoms with Crippen LogP contribution >= 0.6 is 11.6 Å². The third kappa shape index (κ3) is 5.78. The Hall–Kier alpha value is -1.47. The van der Waals surface area contributed by atoms with Crippen molar-refractivity contribution in [1.29, 1.82) is 0 Å². The van der Waals surface area contributed by atoms with Gasteiger partial charge in [-0.2, -0.15) is 0 Å². The maximum absolute atomic E-state index is 12.2. The molecule has 2 rings (SSSR count). The molecule has 6 nitrogen and oxygen atoms in total. The maximum Gasteiger partial charge on any atom is 0.232 e. The summed E-state index contributed by atoms with van der Waals surface area (Å²) < 4.78 is 30.5. The lowest BCUT2D eigenvalue weighted by molar-refractivity contribution is -0.121. The molecule has 8 heteroatoms. The molecule has 0 saturated heterocycles. The van der Waals surface area contributed by atoms with Gasteiger partial charge in [0, 0.05) is 19.0 Å². The van der Waals surface area contributed by atoms with Crippen molar-refractivity contribution in [2.75, 3.05) is 24.2 Å². The van der Waals surface area contributed by atoms with E-state index in [0.29, 0.717) is 16.5 Å². The van der Waals surface area contributed by atoms with Gasteiger partial charge in [-0.1, -0.05) is 30.9 Å². The molecular formula is C17H25ClN2O4S. The van der Waals surface area contributed by atoms with E-state index in [2.05, 4.69) is 5.32 Å². The number of amides is 1. The summed E-state index contributed by atoms with van der Waals surface area (Å²) in [6, 6.07) is 4.96. The van der Waals surface area contributed by atoms with Gasteiger partial charge in [-0.25, -0.2) is 8.42 Å². The average Bonchev–Trinajstić information content (AvgIpc) is 2.55. The minimum absolute atomic E-state index is 0.0695. The van der Waals surface area contributed by atoms with Crippen LogP contribution in [0.25, 0.3) is 0 Å². The minimum Gasteiger partial charge on any atom is -0.495 e. The van der Waals surface area contributed by atoms with Crippen LogP contribution in [-0.4, -0.2) is 40.3 Å². The fraction of sp³-hybridized carbons (Fsp3) is 0.588. The van der Waals surface area contributed by atoms with E-state index in [1.54, 1.807) is 12.1 Å². The van der Waals surface area contributed by atoms with Crippen LogP contribution in [0.3, 0.4) is 0 Å². The van der Waals surface area contributed by atoms with Crippen molar-refractivity contribution >= 4 is 33.2 Å². The summed E-state index contributed by atoms with van der Waals surface area (Å²) in [6.07, 6.45) is 6.69. The fourth-order valence-electron chi connectivity index (χ4n) is 3.05. The Kier molecular flexibility index (Phi) is 6.95. The molecule has 1 aliphatic rings. The molecule has 25 heavy (non-hydrogen) atoms. The fourth-order valence-corrected chi connectivity index (χ4v) is 4.22. The number of carbonyl (C=O) groups excluding carboxylic acids is 1. The summed E-state index contributed by atoms with van der Waals surface area (Å²) in [7, 11) is -2.04. The number of sulfonamides is 1. The van der Waals surface area contributed by atoms with Crippen LogP contribution < -0.4 is 14.4 Å². The summed E-state index contributed by atoms with van der Waals surface area (Å²) in [4.78, 5) is 12.2. The molecule has 0 aliphatic heterocycles. The number of anilines is 1. The topological polar surface area (TPSA) is 75.7 Å². The van der Waals surface area contributed by atoms with E-state index in [-0.39, 0.29) is 24.9 Å². The summed E-state index contributed by atoms with van der Waals surface area (Å²) in [5, 5.41) is 3.32. The highest BCUT2D eigenvalue weighted by Gasteiger charge is 2.21. The maximum atomic E-state index is 12.2. The Morgan fingerprint density at radius 1 is 1.32 bits per heavy atom. The van der Waals surface area contributed by atoms with Crippen molar-refractivity contribution in [3.63, 3.8) is 0 Å². The largest absolute Gasteiger partial charge is 0.495 e. The van der Waals surface area contributed by atoms with E-state index in [4.69, 9.17) is 16.3 Å². The second kappa shape index (κ2) is 8.76. The monoisotopic (exact) mass is 388 g/mol. The lowest BCUT2D eigenvalue weighted by Crippen LogP contribution is -2.39. The first-order chi connectivity index (χ1) is 11.8. The van der Waals surface area contributed by atoms with Gasteiger partial charge in [-0.05, 0) is 31.0 Å². The number of nitrogens with zero attached hydrogens (tertiary/aromatic N) is 1. The van der Waals surface area contributed by atoms with Gasteiger partial charge in [0.25, 0.3) is 0 Å². The van der Waals surface area contributed by atoms with Gasteiger partial charge in [0.1, 0.15) is 5.75 Å². The van der Waals surface area contributed by atoms with E-state index >= 15 is 0 Å². The number of hydrogen-bond donors (Lipinski definition) is 1. The molecule has 1 aliphatic carbocycles. The highest BCUT2D eigenvalue weighted by molar-refractivity contribution is 7.92. The second-order valence-corrected chi connectivity index (χ2v) is 8.62. The molecular weight excluding hydrogens is 364 g/mol. The Morgan fingerprint density at radius 2 is 2.00 bits per heavy atom. The Balaban J connectivity index is 2.03. The smallest absolute Gasteiger partial charge is 0.232 e. The number of methoxy groups -OCH3 is 1. The van der Waals surface area contributed by atoms with Crippen LogP contribution in [0.2, 0.25) is 5.02 Å². The van der Waals surface area contributed by atoms with Crippen molar-refractivity contribution in [3.05, 3.63) is 23.2 Å². The summed E-state index contributed by atoms with van der Waals surface area (Å²) in [5.74, 6) is 0.342. The molecule has 0 aromatic heterocycles. The number of carbonyl (C=O) groups is 1. The average molecular weight is 389 g/mol. The summed E-state index contributed by atoms with van der Waals surface area (Å²) in [5.41, 5.74) is 0.416. The highest BCUT2D eigenvalue weighted by Crippen LogP contribution is 2.30. The van der Waals surface area contributed by atoms with Crippen LogP contribution in [0.1, 0.15) is 38.5 Å². The molecule has 1 aromatic carbocycles. The van der Waals surface area contributed by atoms with Crippen molar-refractivity contribution in [1.82, 2.24) is 5.32 Å². The van der Waals surface area contributed by atoms with Crippen LogP contribution in [0.5, 0.6) is 5.75 Å². The third-order valence-electron chi connectivity index (χ3n) is 4.34. The van der Waals surface area contributed by atoms with Gasteiger partial charge in [0.05, 0.1) is 24.1 Å². The predicted octanol–water partition coefficient (Wildman–Crippen LogP) is 2.95. The van der Waals surface area contributed by atoms with Gasteiger partial charge in [-0.15, -0.1) is 0 Å². The molecule has 1 N–H and O–H groups in total. The van der Waals surface area contributed by atoms with Gasteiger partial charge in [-0.3, -0.25) is 9.10 Å². The molecule has 1 saturated carbocycles. The minimum atomic E-state index is -3.53. The second-order valence-electron chi connectivity index (χ2n) is 6.31. The Labute approximate surface area is 154 Å². The lowest BCUT2D eigenvalue weighted by Gasteiger charge is -2.25. The summed E-state index contributed by atoms with van der Waals surface area (Å²) in [6.45, 7) is 0.0695. The van der Waals surface area contributed by atoms with Crippen molar-refractivity contribution in [2.24, 2.45) is 0 Å². The van der Waals surface area contributed by atoms with Gasteiger partial charge in [0.15, 0.2) is 0 Å². The molecule has 0 radical (unpaired) electrons. The predicted molar refractivity (Wildman–Crippen MR) is 99.8 cm³/mol. The third-order valence-corrected chi connectivity index (χ3v) is 5.83. The van der Waals surface area contributed by atoms with Crippen molar-refractivity contribution in [3.8, 4) is 5.75 Å². The summed E-state index contributed by atoms with van der Waals surface area (Å²) >= 11 is 6.09. The van der Waals surface area contributed by atoms with Crippen molar-refractivity contribution in [2.45, 2.75) is 44.6 Å². The van der Waals surface area contributed by atoms with E-state index < -0.39 is 10.0 Å². The Morgan fingerprint density at radius 3 is 2.56 bits per heavy atom. The van der Waals surface area contributed by atoms with Gasteiger partial charge >= 0.3 is 0 Å². The molecule has 1 amide bonds. The molecule has 0 bridgehead atoms. The molecule has 0 heterocycles. The van der Waals surface area contributed by atoms with Crippen LogP contribution in [0.4, 0.5) is 5.69 Å². The molecule has 0 spiro atoms. The first-order valence-corrected chi connectivity index (χ1v) is 10.6. The van der Waals surface area contributed by atoms with Crippen LogP contribution in [0.15, 0.2) is 18.2 Å². The zero-order valence-electron chi connectivity index (χ0n) is 14.6. The number of rotatable bonds is 7.